The largest absolute Gasteiger partial charge is 0.477 e. The van der Waals surface area contributed by atoms with Gasteiger partial charge in [0.25, 0.3) is 0 Å². The molecule has 0 spiro atoms. The molecule has 2 aromatic rings. The van der Waals surface area contributed by atoms with E-state index in [9.17, 15) is 4.79 Å². The molecule has 0 aliphatic heterocycles. The standard InChI is InChI=1S/C14H14N2O2/c1-2-10-5-6-12(16-9-10)8-11-4-3-7-15-13(11)14(17)18/h3-7,9H,2,8H2,1H3,(H,17,18). The van der Waals surface area contributed by atoms with Gasteiger partial charge in [0.2, 0.25) is 0 Å². The lowest BCUT2D eigenvalue weighted by atomic mass is 10.1. The van der Waals surface area contributed by atoms with Crippen LogP contribution in [0.3, 0.4) is 0 Å². The molecule has 0 radical (unpaired) electrons. The Morgan fingerprint density at radius 2 is 2.11 bits per heavy atom. The van der Waals surface area contributed by atoms with E-state index in [0.29, 0.717) is 12.0 Å². The first-order valence-corrected chi connectivity index (χ1v) is 5.81. The van der Waals surface area contributed by atoms with Crippen LogP contribution in [0, 0.1) is 0 Å². The number of pyridine rings is 2. The van der Waals surface area contributed by atoms with Crippen molar-refractivity contribution in [3.05, 3.63) is 59.2 Å². The summed E-state index contributed by atoms with van der Waals surface area (Å²) >= 11 is 0. The highest BCUT2D eigenvalue weighted by atomic mass is 16.4. The van der Waals surface area contributed by atoms with Gasteiger partial charge in [0, 0.05) is 24.5 Å². The lowest BCUT2D eigenvalue weighted by molar-refractivity contribution is 0.0689. The molecule has 1 N–H and O–H groups in total. The SMILES string of the molecule is CCc1ccc(Cc2cccnc2C(=O)O)nc1. The maximum atomic E-state index is 11.0. The minimum Gasteiger partial charge on any atom is -0.477 e. The van der Waals surface area contributed by atoms with Gasteiger partial charge in [-0.3, -0.25) is 4.98 Å². The zero-order valence-electron chi connectivity index (χ0n) is 10.1. The van der Waals surface area contributed by atoms with Gasteiger partial charge >= 0.3 is 5.97 Å². The van der Waals surface area contributed by atoms with E-state index >= 15 is 0 Å². The van der Waals surface area contributed by atoms with Crippen LogP contribution in [0.1, 0.15) is 34.2 Å². The van der Waals surface area contributed by atoms with E-state index in [2.05, 4.69) is 16.9 Å². The molecule has 2 rings (SSSR count). The third-order valence-electron chi connectivity index (χ3n) is 2.76. The Morgan fingerprint density at radius 3 is 2.72 bits per heavy atom. The van der Waals surface area contributed by atoms with E-state index in [1.165, 1.54) is 11.8 Å². The predicted octanol–water partition coefficient (Wildman–Crippen LogP) is 2.33. The van der Waals surface area contributed by atoms with Crippen LogP contribution in [0.15, 0.2) is 36.7 Å². The molecule has 0 aliphatic carbocycles. The number of carboxylic acid groups (broad SMARTS) is 1. The van der Waals surface area contributed by atoms with Gasteiger partial charge in [0.05, 0.1) is 0 Å². The number of carbonyl (C=O) groups is 1. The normalized spacial score (nSPS) is 10.3. The van der Waals surface area contributed by atoms with E-state index < -0.39 is 5.97 Å². The monoisotopic (exact) mass is 242 g/mol. The second kappa shape index (κ2) is 5.40. The second-order valence-corrected chi connectivity index (χ2v) is 4.00. The number of hydrogen-bond acceptors (Lipinski definition) is 3. The molecular formula is C14H14N2O2. The molecule has 0 aromatic carbocycles. The van der Waals surface area contributed by atoms with Gasteiger partial charge in [-0.15, -0.1) is 0 Å². The second-order valence-electron chi connectivity index (χ2n) is 4.00. The summed E-state index contributed by atoms with van der Waals surface area (Å²) in [7, 11) is 0. The van der Waals surface area contributed by atoms with Crippen molar-refractivity contribution in [1.29, 1.82) is 0 Å². The topological polar surface area (TPSA) is 63.1 Å². The smallest absolute Gasteiger partial charge is 0.354 e. The molecule has 0 saturated heterocycles. The van der Waals surface area contributed by atoms with Crippen molar-refractivity contribution in [1.82, 2.24) is 9.97 Å². The van der Waals surface area contributed by atoms with Crippen molar-refractivity contribution >= 4 is 5.97 Å². The zero-order valence-corrected chi connectivity index (χ0v) is 10.1. The average molecular weight is 242 g/mol. The first-order chi connectivity index (χ1) is 8.70. The van der Waals surface area contributed by atoms with Gasteiger partial charge in [0.1, 0.15) is 0 Å². The fourth-order valence-electron chi connectivity index (χ4n) is 1.74. The van der Waals surface area contributed by atoms with Crippen LogP contribution in [-0.4, -0.2) is 21.0 Å². The molecule has 0 aliphatic rings. The number of aromatic nitrogens is 2. The van der Waals surface area contributed by atoms with Crippen molar-refractivity contribution in [2.75, 3.05) is 0 Å². The molecular weight excluding hydrogens is 228 g/mol. The highest BCUT2D eigenvalue weighted by Gasteiger charge is 2.11. The number of carboxylic acids is 1. The number of nitrogens with zero attached hydrogens (tertiary/aromatic N) is 2. The first-order valence-electron chi connectivity index (χ1n) is 5.81. The Bertz CT molecular complexity index is 550. The Kier molecular flexibility index (Phi) is 3.67. The van der Waals surface area contributed by atoms with Crippen LogP contribution in [-0.2, 0) is 12.8 Å². The van der Waals surface area contributed by atoms with Gasteiger partial charge in [-0.05, 0) is 29.7 Å². The molecule has 4 heteroatoms. The summed E-state index contributed by atoms with van der Waals surface area (Å²) in [4.78, 5) is 19.2. The van der Waals surface area contributed by atoms with Crippen molar-refractivity contribution < 1.29 is 9.90 Å². The highest BCUT2D eigenvalue weighted by molar-refractivity contribution is 5.87. The van der Waals surface area contributed by atoms with Gasteiger partial charge < -0.3 is 5.11 Å². The lowest BCUT2D eigenvalue weighted by Gasteiger charge is -2.05. The minimum atomic E-state index is -1.00. The van der Waals surface area contributed by atoms with Gasteiger partial charge in [-0.1, -0.05) is 19.1 Å². The first kappa shape index (κ1) is 12.2. The average Bonchev–Trinajstić information content (AvgIpc) is 2.40. The third-order valence-corrected chi connectivity index (χ3v) is 2.76. The molecule has 4 nitrogen and oxygen atoms in total. The van der Waals surface area contributed by atoms with Gasteiger partial charge in [-0.25, -0.2) is 9.78 Å². The third kappa shape index (κ3) is 2.71. The Labute approximate surface area is 105 Å². The summed E-state index contributed by atoms with van der Waals surface area (Å²) in [6.07, 6.45) is 4.74. The maximum Gasteiger partial charge on any atom is 0.354 e. The molecule has 18 heavy (non-hydrogen) atoms. The summed E-state index contributed by atoms with van der Waals surface area (Å²) < 4.78 is 0. The van der Waals surface area contributed by atoms with Crippen molar-refractivity contribution in [3.63, 3.8) is 0 Å². The zero-order chi connectivity index (χ0) is 13.0. The van der Waals surface area contributed by atoms with Crippen LogP contribution < -0.4 is 0 Å². The van der Waals surface area contributed by atoms with Crippen LogP contribution in [0.2, 0.25) is 0 Å². The van der Waals surface area contributed by atoms with Crippen LogP contribution in [0.5, 0.6) is 0 Å². The van der Waals surface area contributed by atoms with Crippen LogP contribution in [0.25, 0.3) is 0 Å². The number of hydrogen-bond donors (Lipinski definition) is 1. The van der Waals surface area contributed by atoms with E-state index in [-0.39, 0.29) is 5.69 Å². The van der Waals surface area contributed by atoms with Crippen LogP contribution in [0.4, 0.5) is 0 Å². The van der Waals surface area contributed by atoms with Gasteiger partial charge in [0.15, 0.2) is 5.69 Å². The van der Waals surface area contributed by atoms with Crippen molar-refractivity contribution in [2.45, 2.75) is 19.8 Å². The van der Waals surface area contributed by atoms with E-state index in [1.54, 1.807) is 12.1 Å². The molecule has 0 atom stereocenters. The fraction of sp³-hybridized carbons (Fsp3) is 0.214. The molecule has 0 amide bonds. The number of aromatic carboxylic acids is 1. The molecule has 2 aromatic heterocycles. The van der Waals surface area contributed by atoms with E-state index in [4.69, 9.17) is 5.11 Å². The maximum absolute atomic E-state index is 11.0. The molecule has 92 valence electrons. The number of rotatable bonds is 4. The van der Waals surface area contributed by atoms with E-state index in [0.717, 1.165) is 12.1 Å². The van der Waals surface area contributed by atoms with Crippen molar-refractivity contribution in [2.24, 2.45) is 0 Å². The highest BCUT2D eigenvalue weighted by Crippen LogP contribution is 2.11. The fourth-order valence-corrected chi connectivity index (χ4v) is 1.74. The summed E-state index contributed by atoms with van der Waals surface area (Å²) in [5, 5.41) is 9.04. The predicted molar refractivity (Wildman–Crippen MR) is 67.6 cm³/mol. The van der Waals surface area contributed by atoms with E-state index in [1.807, 2.05) is 18.3 Å². The summed E-state index contributed by atoms with van der Waals surface area (Å²) in [5.74, 6) is -1.00. The summed E-state index contributed by atoms with van der Waals surface area (Å²) in [6, 6.07) is 7.45. The Balaban J connectivity index is 2.25. The lowest BCUT2D eigenvalue weighted by Crippen LogP contribution is -2.06. The Hall–Kier alpha value is -2.23. The van der Waals surface area contributed by atoms with Gasteiger partial charge in [-0.2, -0.15) is 0 Å². The molecule has 2 heterocycles. The summed E-state index contributed by atoms with van der Waals surface area (Å²) in [6.45, 7) is 2.07. The molecule has 0 fully saturated rings. The summed E-state index contributed by atoms with van der Waals surface area (Å²) in [5.41, 5.74) is 2.80. The number of aryl methyl sites for hydroxylation is 1. The van der Waals surface area contributed by atoms with Crippen molar-refractivity contribution in [3.8, 4) is 0 Å². The molecule has 0 bridgehead atoms. The molecule has 0 unspecified atom stereocenters. The minimum absolute atomic E-state index is 0.0962. The molecule has 0 saturated carbocycles. The quantitative estimate of drug-likeness (QED) is 0.893. The Morgan fingerprint density at radius 1 is 1.28 bits per heavy atom. The van der Waals surface area contributed by atoms with Crippen LogP contribution >= 0.6 is 0 Å².